The smallest absolute Gasteiger partial charge is 0.0346 e. The van der Waals surface area contributed by atoms with E-state index in [9.17, 15) is 0 Å². The minimum Gasteiger partial charge on any atom is -0.264 e. The fourth-order valence-corrected chi connectivity index (χ4v) is 12.8. The van der Waals surface area contributed by atoms with Crippen molar-refractivity contribution in [2.24, 2.45) is 0 Å². The first kappa shape index (κ1) is 49.8. The van der Waals surface area contributed by atoms with Crippen molar-refractivity contribution in [3.05, 3.63) is 316 Å². The number of rotatable bonds is 8. The molecule has 0 saturated heterocycles. The van der Waals surface area contributed by atoms with Gasteiger partial charge in [0.1, 0.15) is 0 Å². The molecule has 84 heavy (non-hydrogen) atoms. The minimum atomic E-state index is 1.12. The summed E-state index contributed by atoms with van der Waals surface area (Å²) >= 11 is 0. The molecular weight excluding hydrogens is 1020 g/mol. The molecule has 0 spiro atoms. The molecule has 4 heterocycles. The molecule has 392 valence electrons. The van der Waals surface area contributed by atoms with E-state index in [4.69, 9.17) is 0 Å². The Hall–Kier alpha value is -11.2. The Labute approximate surface area is 487 Å². The highest BCUT2D eigenvalue weighted by molar-refractivity contribution is 6.26. The van der Waals surface area contributed by atoms with E-state index in [0.717, 1.165) is 33.4 Å². The third-order valence-electron chi connectivity index (χ3n) is 16.5. The van der Waals surface area contributed by atoms with Crippen molar-refractivity contribution in [1.29, 1.82) is 0 Å². The van der Waals surface area contributed by atoms with Gasteiger partial charge >= 0.3 is 0 Å². The highest BCUT2D eigenvalue weighted by atomic mass is 14.6. The van der Waals surface area contributed by atoms with Gasteiger partial charge < -0.3 is 0 Å². The van der Waals surface area contributed by atoms with Gasteiger partial charge in [-0.15, -0.1) is 0 Å². The molecule has 0 fully saturated rings. The summed E-state index contributed by atoms with van der Waals surface area (Å²) in [5.74, 6) is 0. The van der Waals surface area contributed by atoms with E-state index < -0.39 is 0 Å². The quantitative estimate of drug-likeness (QED) is 0.142. The lowest BCUT2D eigenvalue weighted by molar-refractivity contribution is 1.33. The van der Waals surface area contributed by atoms with E-state index in [1.165, 1.54) is 120 Å². The van der Waals surface area contributed by atoms with E-state index in [-0.39, 0.29) is 0 Å². The van der Waals surface area contributed by atoms with Crippen LogP contribution in [0.15, 0.2) is 316 Å². The Morgan fingerprint density at radius 3 is 0.798 bits per heavy atom. The maximum absolute atomic E-state index is 4.39. The van der Waals surface area contributed by atoms with Gasteiger partial charge in [0.25, 0.3) is 0 Å². The first-order chi connectivity index (χ1) is 41.7. The third kappa shape index (κ3) is 8.91. The van der Waals surface area contributed by atoms with Gasteiger partial charge in [0, 0.05) is 66.3 Å². The Balaban J connectivity index is 0.000000143. The van der Waals surface area contributed by atoms with E-state index >= 15 is 0 Å². The zero-order valence-electron chi connectivity index (χ0n) is 45.8. The number of nitrogens with zero attached hydrogens (tertiary/aromatic N) is 4. The Kier molecular flexibility index (Phi) is 12.9. The number of hydrogen-bond acceptors (Lipinski definition) is 4. The number of fused-ring (bicyclic) bond motifs is 6. The second kappa shape index (κ2) is 21.7. The average molecular weight is 1070 g/mol. The lowest BCUT2D eigenvalue weighted by atomic mass is 9.83. The topological polar surface area (TPSA) is 51.6 Å². The fourth-order valence-electron chi connectivity index (χ4n) is 12.8. The summed E-state index contributed by atoms with van der Waals surface area (Å²) in [6.07, 6.45) is 15.0. The highest BCUT2D eigenvalue weighted by Gasteiger charge is 2.22. The number of benzene rings is 12. The van der Waals surface area contributed by atoms with Crippen molar-refractivity contribution in [2.45, 2.75) is 0 Å². The molecule has 0 saturated carbocycles. The third-order valence-corrected chi connectivity index (χ3v) is 16.5. The summed E-state index contributed by atoms with van der Waals surface area (Å²) < 4.78 is 0. The van der Waals surface area contributed by atoms with Crippen molar-refractivity contribution < 1.29 is 0 Å². The van der Waals surface area contributed by atoms with E-state index in [0.29, 0.717) is 0 Å². The normalized spacial score (nSPS) is 11.3. The van der Waals surface area contributed by atoms with Crippen LogP contribution in [-0.2, 0) is 0 Å². The van der Waals surface area contributed by atoms with Crippen molar-refractivity contribution in [1.82, 2.24) is 19.9 Å². The summed E-state index contributed by atoms with van der Waals surface area (Å²) in [7, 11) is 0. The maximum Gasteiger partial charge on any atom is 0.0346 e. The lowest BCUT2D eigenvalue weighted by Gasteiger charge is -2.20. The molecule has 4 nitrogen and oxygen atoms in total. The molecule has 0 atom stereocenters. The van der Waals surface area contributed by atoms with Gasteiger partial charge in [-0.2, -0.15) is 0 Å². The second-order valence-electron chi connectivity index (χ2n) is 21.2. The van der Waals surface area contributed by atoms with Gasteiger partial charge in [-0.25, -0.2) is 0 Å². The largest absolute Gasteiger partial charge is 0.264 e. The van der Waals surface area contributed by atoms with Gasteiger partial charge in [-0.05, 0) is 167 Å². The monoisotopic (exact) mass is 1070 g/mol. The van der Waals surface area contributed by atoms with Crippen LogP contribution in [0.3, 0.4) is 0 Å². The van der Waals surface area contributed by atoms with E-state index in [2.05, 4.69) is 263 Å². The van der Waals surface area contributed by atoms with Crippen LogP contribution in [0.25, 0.3) is 154 Å². The van der Waals surface area contributed by atoms with Gasteiger partial charge in [-0.3, -0.25) is 19.9 Å². The predicted octanol–water partition coefficient (Wildman–Crippen LogP) is 21.2. The summed E-state index contributed by atoms with van der Waals surface area (Å²) in [6, 6.07) is 96.1. The molecule has 0 amide bonds. The standard InChI is InChI=1S/2C40H26N2/c1-2-15-33-32(14-1)31(30-13-9-23-42-26-30)20-21-38(33)40-36-18-5-3-16-34(36)39(35-17-4-6-19-37(35)40)28-11-7-10-27(24-28)29-12-8-22-41-25-29;1-2-12-33-32(11-1)31(30-10-8-24-42-26-30)21-22-38(33)40-36-15-5-3-13-34(36)39(35-14-4-6-16-37(35)40)28-19-17-27(18-20-28)29-9-7-23-41-25-29/h2*1-26H. The molecule has 0 aliphatic heterocycles. The van der Waals surface area contributed by atoms with Crippen LogP contribution in [-0.4, -0.2) is 19.9 Å². The molecule has 4 aromatic heterocycles. The first-order valence-corrected chi connectivity index (χ1v) is 28.5. The van der Waals surface area contributed by atoms with Crippen molar-refractivity contribution in [2.75, 3.05) is 0 Å². The van der Waals surface area contributed by atoms with Gasteiger partial charge in [0.05, 0.1) is 0 Å². The summed E-state index contributed by atoms with van der Waals surface area (Å²) in [5.41, 5.74) is 19.1. The molecule has 0 unspecified atom stereocenters. The second-order valence-corrected chi connectivity index (χ2v) is 21.2. The molecule has 16 rings (SSSR count). The van der Waals surface area contributed by atoms with E-state index in [1.54, 1.807) is 0 Å². The number of aromatic nitrogens is 4. The first-order valence-electron chi connectivity index (χ1n) is 28.5. The Morgan fingerprint density at radius 1 is 0.155 bits per heavy atom. The fraction of sp³-hybridized carbons (Fsp3) is 0. The highest BCUT2D eigenvalue weighted by Crippen LogP contribution is 2.49. The van der Waals surface area contributed by atoms with Crippen molar-refractivity contribution in [3.63, 3.8) is 0 Å². The molecule has 0 bridgehead atoms. The SMILES string of the molecule is c1cncc(-c2ccc(-c3c4ccccc4c(-c4ccc(-c5cccnc5)c5ccccc45)c4ccccc34)cc2)c1.c1cncc(-c2cccc(-c3c4ccccc4c(-c4ccc(-c5cccnc5)c5ccccc45)c4ccccc34)c2)c1. The maximum atomic E-state index is 4.39. The van der Waals surface area contributed by atoms with Crippen LogP contribution in [0.1, 0.15) is 0 Å². The zero-order chi connectivity index (χ0) is 55.8. The Morgan fingerprint density at radius 2 is 0.429 bits per heavy atom. The van der Waals surface area contributed by atoms with E-state index in [1.807, 2.05) is 73.8 Å². The molecule has 0 aliphatic rings. The molecule has 4 heteroatoms. The van der Waals surface area contributed by atoms with Crippen LogP contribution in [0.5, 0.6) is 0 Å². The Bertz CT molecular complexity index is 4990. The van der Waals surface area contributed by atoms with Crippen LogP contribution in [0.2, 0.25) is 0 Å². The van der Waals surface area contributed by atoms with Crippen LogP contribution in [0, 0.1) is 0 Å². The molecule has 0 N–H and O–H groups in total. The summed E-state index contributed by atoms with van der Waals surface area (Å²) in [5, 5.41) is 14.9. The molecular formula is C80H52N4. The van der Waals surface area contributed by atoms with Gasteiger partial charge in [0.2, 0.25) is 0 Å². The predicted molar refractivity (Wildman–Crippen MR) is 353 cm³/mol. The molecule has 0 radical (unpaired) electrons. The van der Waals surface area contributed by atoms with Gasteiger partial charge in [0.15, 0.2) is 0 Å². The van der Waals surface area contributed by atoms with Gasteiger partial charge in [-0.1, -0.05) is 237 Å². The molecule has 0 aliphatic carbocycles. The summed E-state index contributed by atoms with van der Waals surface area (Å²) in [4.78, 5) is 17.4. The van der Waals surface area contributed by atoms with Crippen LogP contribution >= 0.6 is 0 Å². The molecule has 16 aromatic rings. The average Bonchev–Trinajstić information content (AvgIpc) is 1.95. The molecule has 12 aromatic carbocycles. The number of pyridine rings is 4. The van der Waals surface area contributed by atoms with Crippen molar-refractivity contribution >= 4 is 64.6 Å². The minimum absolute atomic E-state index is 1.12. The van der Waals surface area contributed by atoms with Crippen molar-refractivity contribution in [3.8, 4) is 89.0 Å². The lowest BCUT2D eigenvalue weighted by Crippen LogP contribution is -1.93. The summed E-state index contributed by atoms with van der Waals surface area (Å²) in [6.45, 7) is 0. The number of hydrogen-bond donors (Lipinski definition) is 0. The van der Waals surface area contributed by atoms with Crippen LogP contribution < -0.4 is 0 Å². The van der Waals surface area contributed by atoms with Crippen LogP contribution in [0.4, 0.5) is 0 Å². The zero-order valence-corrected chi connectivity index (χ0v) is 45.8.